The molecule has 1 aliphatic rings. The van der Waals surface area contributed by atoms with Crippen molar-refractivity contribution >= 4 is 22.6 Å². The Hall–Kier alpha value is -3.09. The lowest BCUT2D eigenvalue weighted by molar-refractivity contribution is -0.130. The summed E-state index contributed by atoms with van der Waals surface area (Å²) in [5.74, 6) is 0.571. The maximum atomic E-state index is 12.7. The molecule has 0 spiro atoms. The second kappa shape index (κ2) is 6.67. The molecule has 3 aromatic rings. The second-order valence-electron chi connectivity index (χ2n) is 6.57. The van der Waals surface area contributed by atoms with Gasteiger partial charge in [-0.2, -0.15) is 0 Å². The Morgan fingerprint density at radius 2 is 1.96 bits per heavy atom. The number of carbonyl (C=O) groups excluding carboxylic acids is 1. The van der Waals surface area contributed by atoms with Crippen LogP contribution in [0.25, 0.3) is 10.9 Å². The van der Waals surface area contributed by atoms with Crippen LogP contribution >= 0.6 is 0 Å². The first kappa shape index (κ1) is 16.4. The monoisotopic (exact) mass is 351 g/mol. The summed E-state index contributed by atoms with van der Waals surface area (Å²) in [6.07, 6.45) is 5.57. The van der Waals surface area contributed by atoms with E-state index in [2.05, 4.69) is 9.97 Å². The molecule has 1 saturated heterocycles. The Bertz CT molecular complexity index is 998. The van der Waals surface area contributed by atoms with Crippen LogP contribution in [0.3, 0.4) is 0 Å². The molecule has 26 heavy (non-hydrogen) atoms. The molecule has 1 aliphatic heterocycles. The number of hydrogen-bond donors (Lipinski definition) is 1. The minimum Gasteiger partial charge on any atom is -0.361 e. The lowest BCUT2D eigenvalue weighted by Crippen LogP contribution is -2.50. The van der Waals surface area contributed by atoms with E-state index < -0.39 is 0 Å². The molecule has 1 aromatic carbocycles. The van der Waals surface area contributed by atoms with Gasteiger partial charge in [0, 0.05) is 62.7 Å². The molecule has 7 heteroatoms. The molecule has 7 nitrogen and oxygen atoms in total. The molecule has 1 fully saturated rings. The van der Waals surface area contributed by atoms with E-state index in [1.807, 2.05) is 40.3 Å². The summed E-state index contributed by atoms with van der Waals surface area (Å²) >= 11 is 0. The number of para-hydroxylation sites is 1. The maximum Gasteiger partial charge on any atom is 0.293 e. The van der Waals surface area contributed by atoms with Gasteiger partial charge in [-0.1, -0.05) is 18.2 Å². The lowest BCUT2D eigenvalue weighted by atomic mass is 10.1. The Morgan fingerprint density at radius 3 is 2.77 bits per heavy atom. The van der Waals surface area contributed by atoms with Gasteiger partial charge in [0.25, 0.3) is 5.56 Å². The highest BCUT2D eigenvalue weighted by atomic mass is 16.2. The number of rotatable bonds is 3. The summed E-state index contributed by atoms with van der Waals surface area (Å²) in [5.41, 5.74) is 1.96. The van der Waals surface area contributed by atoms with E-state index >= 15 is 0 Å². The minimum absolute atomic E-state index is 0.105. The third kappa shape index (κ3) is 2.96. The number of anilines is 1. The number of nitrogens with zero attached hydrogens (tertiary/aromatic N) is 4. The predicted octanol–water partition coefficient (Wildman–Crippen LogP) is 1.15. The number of aromatic nitrogens is 3. The van der Waals surface area contributed by atoms with Crippen LogP contribution in [-0.4, -0.2) is 51.5 Å². The summed E-state index contributed by atoms with van der Waals surface area (Å²) < 4.78 is 1.52. The minimum atomic E-state index is -0.105. The molecule has 2 aromatic heterocycles. The number of benzene rings is 1. The first-order valence-corrected chi connectivity index (χ1v) is 8.73. The Morgan fingerprint density at radius 1 is 1.19 bits per heavy atom. The number of carbonyl (C=O) groups is 1. The topological polar surface area (TPSA) is 74.2 Å². The molecule has 0 radical (unpaired) electrons. The van der Waals surface area contributed by atoms with Gasteiger partial charge in [0.05, 0.1) is 6.42 Å². The van der Waals surface area contributed by atoms with Crippen LogP contribution in [0, 0.1) is 0 Å². The number of nitrogens with one attached hydrogen (secondary N) is 1. The molecule has 0 aliphatic carbocycles. The molecule has 3 heterocycles. The molecule has 134 valence electrons. The fraction of sp³-hybridized carbons (Fsp3) is 0.316. The highest BCUT2D eigenvalue weighted by molar-refractivity contribution is 5.89. The number of aryl methyl sites for hydroxylation is 1. The average Bonchev–Trinajstić information content (AvgIpc) is 3.07. The number of hydrogen-bond acceptors (Lipinski definition) is 4. The van der Waals surface area contributed by atoms with E-state index in [9.17, 15) is 9.59 Å². The summed E-state index contributed by atoms with van der Waals surface area (Å²) in [7, 11) is 1.72. The molecule has 0 atom stereocenters. The number of piperazine rings is 1. The van der Waals surface area contributed by atoms with E-state index in [-0.39, 0.29) is 11.5 Å². The smallest absolute Gasteiger partial charge is 0.293 e. The van der Waals surface area contributed by atoms with Crippen LogP contribution < -0.4 is 10.5 Å². The van der Waals surface area contributed by atoms with Gasteiger partial charge < -0.3 is 19.4 Å². The van der Waals surface area contributed by atoms with E-state index in [1.54, 1.807) is 19.4 Å². The zero-order valence-corrected chi connectivity index (χ0v) is 14.7. The Kier molecular flexibility index (Phi) is 4.20. The van der Waals surface area contributed by atoms with Crippen LogP contribution in [0.1, 0.15) is 5.56 Å². The summed E-state index contributed by atoms with van der Waals surface area (Å²) in [6, 6.07) is 8.00. The van der Waals surface area contributed by atoms with Gasteiger partial charge in [-0.3, -0.25) is 9.59 Å². The van der Waals surface area contributed by atoms with Gasteiger partial charge in [-0.05, 0) is 11.6 Å². The van der Waals surface area contributed by atoms with Crippen molar-refractivity contribution in [3.8, 4) is 0 Å². The standard InChI is InChI=1S/C19H21N5O2/c1-22-7-6-20-18(19(22)26)24-10-8-23(9-11-24)17(25)12-14-13-21-16-5-3-2-4-15(14)16/h2-7,13,21H,8-12H2,1H3. The van der Waals surface area contributed by atoms with Crippen molar-refractivity contribution in [1.29, 1.82) is 0 Å². The normalized spacial score (nSPS) is 14.8. The quantitative estimate of drug-likeness (QED) is 0.768. The number of H-pyrrole nitrogens is 1. The Labute approximate surface area is 150 Å². The van der Waals surface area contributed by atoms with Crippen molar-refractivity contribution < 1.29 is 4.79 Å². The van der Waals surface area contributed by atoms with Crippen molar-refractivity contribution in [2.75, 3.05) is 31.1 Å². The fourth-order valence-electron chi connectivity index (χ4n) is 3.42. The van der Waals surface area contributed by atoms with Gasteiger partial charge >= 0.3 is 0 Å². The van der Waals surface area contributed by atoms with Crippen molar-refractivity contribution in [3.63, 3.8) is 0 Å². The van der Waals surface area contributed by atoms with E-state index in [0.717, 1.165) is 16.5 Å². The van der Waals surface area contributed by atoms with E-state index in [0.29, 0.717) is 38.4 Å². The summed E-state index contributed by atoms with van der Waals surface area (Å²) in [6.45, 7) is 2.43. The molecule has 0 bridgehead atoms. The molecule has 1 amide bonds. The highest BCUT2D eigenvalue weighted by Gasteiger charge is 2.24. The molecule has 0 saturated carbocycles. The third-order valence-corrected chi connectivity index (χ3v) is 4.95. The van der Waals surface area contributed by atoms with Gasteiger partial charge in [0.2, 0.25) is 5.91 Å². The van der Waals surface area contributed by atoms with Gasteiger partial charge in [0.1, 0.15) is 0 Å². The van der Waals surface area contributed by atoms with Crippen molar-refractivity contribution in [3.05, 3.63) is 58.8 Å². The predicted molar refractivity (Wildman–Crippen MR) is 100 cm³/mol. The number of fused-ring (bicyclic) bond motifs is 1. The van der Waals surface area contributed by atoms with Crippen LogP contribution in [0.15, 0.2) is 47.7 Å². The molecule has 0 unspecified atom stereocenters. The molecule has 4 rings (SSSR count). The van der Waals surface area contributed by atoms with Crippen LogP contribution in [0.5, 0.6) is 0 Å². The van der Waals surface area contributed by atoms with E-state index in [4.69, 9.17) is 0 Å². The van der Waals surface area contributed by atoms with Crippen molar-refractivity contribution in [2.24, 2.45) is 7.05 Å². The van der Waals surface area contributed by atoms with Crippen LogP contribution in [0.2, 0.25) is 0 Å². The lowest BCUT2D eigenvalue weighted by Gasteiger charge is -2.35. The molecular formula is C19H21N5O2. The maximum absolute atomic E-state index is 12.7. The summed E-state index contributed by atoms with van der Waals surface area (Å²) in [4.78, 5) is 36.1. The van der Waals surface area contributed by atoms with Gasteiger partial charge in [0.15, 0.2) is 5.82 Å². The highest BCUT2D eigenvalue weighted by Crippen LogP contribution is 2.19. The first-order chi connectivity index (χ1) is 12.6. The SMILES string of the molecule is Cn1ccnc(N2CCN(C(=O)Cc3c[nH]c4ccccc34)CC2)c1=O. The average molecular weight is 351 g/mol. The van der Waals surface area contributed by atoms with Crippen LogP contribution in [-0.2, 0) is 18.3 Å². The van der Waals surface area contributed by atoms with Gasteiger partial charge in [-0.15, -0.1) is 0 Å². The van der Waals surface area contributed by atoms with Crippen molar-refractivity contribution in [1.82, 2.24) is 19.4 Å². The third-order valence-electron chi connectivity index (χ3n) is 4.95. The van der Waals surface area contributed by atoms with E-state index in [1.165, 1.54) is 4.57 Å². The zero-order valence-electron chi connectivity index (χ0n) is 14.7. The zero-order chi connectivity index (χ0) is 18.1. The second-order valence-corrected chi connectivity index (χ2v) is 6.57. The fourth-order valence-corrected chi connectivity index (χ4v) is 3.42. The largest absolute Gasteiger partial charge is 0.361 e. The molecule has 1 N–H and O–H groups in total. The summed E-state index contributed by atoms with van der Waals surface area (Å²) in [5, 5.41) is 1.09. The van der Waals surface area contributed by atoms with Crippen LogP contribution in [0.4, 0.5) is 5.82 Å². The number of amides is 1. The first-order valence-electron chi connectivity index (χ1n) is 8.73. The van der Waals surface area contributed by atoms with Gasteiger partial charge in [-0.25, -0.2) is 4.98 Å². The molecular weight excluding hydrogens is 330 g/mol. The Balaban J connectivity index is 1.42. The number of aromatic amines is 1. The van der Waals surface area contributed by atoms with Crippen molar-refractivity contribution in [2.45, 2.75) is 6.42 Å².